The molecule has 26 heavy (non-hydrogen) atoms. The summed E-state index contributed by atoms with van der Waals surface area (Å²) in [5, 5.41) is 32.9. The second-order valence-electron chi connectivity index (χ2n) is 5.96. The molecule has 0 radical (unpaired) electrons. The minimum atomic E-state index is -0.737. The topological polar surface area (TPSA) is 89.2 Å². The van der Waals surface area contributed by atoms with Crippen molar-refractivity contribution in [3.63, 3.8) is 0 Å². The van der Waals surface area contributed by atoms with Crippen molar-refractivity contribution in [1.29, 1.82) is 5.26 Å². The van der Waals surface area contributed by atoms with E-state index in [4.69, 9.17) is 0 Å². The summed E-state index contributed by atoms with van der Waals surface area (Å²) >= 11 is 0. The maximum Gasteiger partial charge on any atom is 0.165 e. The molecule has 3 N–H and O–H groups in total. The van der Waals surface area contributed by atoms with Gasteiger partial charge in [0.25, 0.3) is 0 Å². The monoisotopic (exact) mass is 351 g/mol. The lowest BCUT2D eigenvalue weighted by molar-refractivity contribution is 0.271. The van der Waals surface area contributed by atoms with E-state index in [-0.39, 0.29) is 12.6 Å². The molecule has 6 heteroatoms. The lowest BCUT2D eigenvalue weighted by Crippen LogP contribution is -2.23. The number of nitrogens with one attached hydrogen (secondary N) is 1. The van der Waals surface area contributed by atoms with Crippen LogP contribution < -0.4 is 5.32 Å². The van der Waals surface area contributed by atoms with E-state index in [9.17, 15) is 19.9 Å². The first kappa shape index (κ1) is 17.6. The summed E-state index contributed by atoms with van der Waals surface area (Å²) in [5.74, 6) is -0.613. The van der Waals surface area contributed by atoms with Crippen LogP contribution in [0.25, 0.3) is 21.9 Å². The van der Waals surface area contributed by atoms with E-state index in [1.807, 2.05) is 13.0 Å². The van der Waals surface area contributed by atoms with Gasteiger partial charge >= 0.3 is 0 Å². The Labute approximate surface area is 150 Å². The molecule has 3 rings (SSSR count). The van der Waals surface area contributed by atoms with E-state index in [2.05, 4.69) is 16.4 Å². The molecule has 0 fully saturated rings. The van der Waals surface area contributed by atoms with E-state index in [1.165, 1.54) is 12.1 Å². The van der Waals surface area contributed by atoms with E-state index >= 15 is 0 Å². The molecule has 132 valence electrons. The van der Waals surface area contributed by atoms with Gasteiger partial charge in [0.2, 0.25) is 0 Å². The second-order valence-corrected chi connectivity index (χ2v) is 5.96. The van der Waals surface area contributed by atoms with Gasteiger partial charge in [-0.1, -0.05) is 25.1 Å². The Hall–Kier alpha value is -3.17. The number of anilines is 1. The van der Waals surface area contributed by atoms with Gasteiger partial charge in [0, 0.05) is 22.5 Å². The third-order valence-corrected chi connectivity index (χ3v) is 4.34. The van der Waals surface area contributed by atoms with E-state index in [1.54, 1.807) is 24.4 Å². The third kappa shape index (κ3) is 3.17. The summed E-state index contributed by atoms with van der Waals surface area (Å²) in [6.45, 7) is 1.91. The number of hydrogen-bond donors (Lipinski definition) is 3. The summed E-state index contributed by atoms with van der Waals surface area (Å²) in [5.41, 5.74) is 1.55. The van der Waals surface area contributed by atoms with Crippen LogP contribution >= 0.6 is 0 Å². The van der Waals surface area contributed by atoms with E-state index < -0.39 is 11.6 Å². The molecule has 0 aliphatic rings. The van der Waals surface area contributed by atoms with Crippen LogP contribution in [-0.4, -0.2) is 27.8 Å². The fraction of sp³-hybridized carbons (Fsp3) is 0.200. The zero-order valence-electron chi connectivity index (χ0n) is 14.2. The number of hydrogen-bond acceptors (Lipinski definition) is 5. The molecule has 1 heterocycles. The number of aromatic nitrogens is 1. The predicted octanol–water partition coefficient (Wildman–Crippen LogP) is 3.80. The molecule has 3 aromatic rings. The van der Waals surface area contributed by atoms with Crippen LogP contribution in [-0.2, 0) is 0 Å². The van der Waals surface area contributed by atoms with E-state index in [0.717, 1.165) is 0 Å². The fourth-order valence-electron chi connectivity index (χ4n) is 2.87. The Morgan fingerprint density at radius 1 is 1.31 bits per heavy atom. The third-order valence-electron chi connectivity index (χ3n) is 4.34. The maximum absolute atomic E-state index is 13.8. The Morgan fingerprint density at radius 2 is 2.12 bits per heavy atom. The average Bonchev–Trinajstić information content (AvgIpc) is 2.67. The lowest BCUT2D eigenvalue weighted by atomic mass is 9.96. The van der Waals surface area contributed by atoms with Crippen LogP contribution in [0, 0.1) is 17.1 Å². The molecule has 1 atom stereocenters. The van der Waals surface area contributed by atoms with Crippen molar-refractivity contribution in [2.24, 2.45) is 0 Å². The van der Waals surface area contributed by atoms with Crippen LogP contribution in [0.3, 0.4) is 0 Å². The molecule has 2 aromatic carbocycles. The van der Waals surface area contributed by atoms with E-state index in [0.29, 0.717) is 39.7 Å². The number of rotatable bonds is 5. The summed E-state index contributed by atoms with van der Waals surface area (Å²) in [6.07, 6.45) is 2.28. The minimum Gasteiger partial charge on any atom is -0.505 e. The molecule has 0 saturated carbocycles. The van der Waals surface area contributed by atoms with Gasteiger partial charge < -0.3 is 15.5 Å². The molecule has 1 unspecified atom stereocenters. The van der Waals surface area contributed by atoms with Gasteiger partial charge in [-0.05, 0) is 30.2 Å². The number of aromatic hydroxyl groups is 1. The van der Waals surface area contributed by atoms with Crippen LogP contribution in [0.5, 0.6) is 5.75 Å². The first-order valence-electron chi connectivity index (χ1n) is 8.27. The first-order valence-corrected chi connectivity index (χ1v) is 8.27. The van der Waals surface area contributed by atoms with Crippen molar-refractivity contribution in [3.8, 4) is 22.9 Å². The van der Waals surface area contributed by atoms with Crippen molar-refractivity contribution < 1.29 is 14.6 Å². The number of nitriles is 1. The Balaban J connectivity index is 2.25. The molecule has 0 amide bonds. The van der Waals surface area contributed by atoms with Gasteiger partial charge in [-0.15, -0.1) is 0 Å². The minimum absolute atomic E-state index is 0.0391. The van der Waals surface area contributed by atoms with Crippen molar-refractivity contribution >= 4 is 16.6 Å². The normalized spacial score (nSPS) is 11.9. The molecule has 0 aliphatic carbocycles. The molecule has 0 saturated heterocycles. The number of halogens is 1. The molecule has 0 spiro atoms. The molecule has 0 aliphatic heterocycles. The molecular formula is C20H18FN3O2. The Kier molecular flexibility index (Phi) is 5.01. The van der Waals surface area contributed by atoms with Crippen molar-refractivity contribution in [3.05, 3.63) is 54.0 Å². The molecule has 1 aromatic heterocycles. The Morgan fingerprint density at radius 3 is 2.77 bits per heavy atom. The average molecular weight is 351 g/mol. The number of nitrogens with zero attached hydrogens (tertiary/aromatic N) is 2. The first-order chi connectivity index (χ1) is 12.6. The number of aliphatic hydroxyl groups is 1. The number of pyridine rings is 1. The van der Waals surface area contributed by atoms with Gasteiger partial charge in [-0.2, -0.15) is 5.26 Å². The molecule has 0 bridgehead atoms. The van der Waals surface area contributed by atoms with Crippen LogP contribution in [0.2, 0.25) is 0 Å². The zero-order chi connectivity index (χ0) is 18.7. The smallest absolute Gasteiger partial charge is 0.165 e. The second kappa shape index (κ2) is 7.38. The highest BCUT2D eigenvalue weighted by Gasteiger charge is 2.16. The lowest BCUT2D eigenvalue weighted by Gasteiger charge is -2.18. The predicted molar refractivity (Wildman–Crippen MR) is 98.3 cm³/mol. The Bertz CT molecular complexity index is 994. The van der Waals surface area contributed by atoms with Gasteiger partial charge in [0.1, 0.15) is 5.82 Å². The number of benzene rings is 2. The summed E-state index contributed by atoms with van der Waals surface area (Å²) in [7, 11) is 0. The van der Waals surface area contributed by atoms with Crippen molar-refractivity contribution in [1.82, 2.24) is 4.98 Å². The highest BCUT2D eigenvalue weighted by molar-refractivity contribution is 6.05. The highest BCUT2D eigenvalue weighted by Crippen LogP contribution is 2.35. The standard InChI is InChI=1S/C20H18FN3O2/c1-2-14(11-25)24-20-15-5-3-4-13(9-22)19(15)16(10-23-20)12-6-7-18(26)17(21)8-12/h3-8,10,14,25-26H,2,11H2,1H3,(H,23,24). The zero-order valence-corrected chi connectivity index (χ0v) is 14.2. The SMILES string of the molecule is CCC(CO)Nc1ncc(-c2ccc(O)c(F)c2)c2c(C#N)cccc12. The van der Waals surface area contributed by atoms with Crippen LogP contribution in [0.1, 0.15) is 18.9 Å². The van der Waals surface area contributed by atoms with Gasteiger partial charge in [0.15, 0.2) is 11.6 Å². The summed E-state index contributed by atoms with van der Waals surface area (Å²) in [4.78, 5) is 4.43. The summed E-state index contributed by atoms with van der Waals surface area (Å²) < 4.78 is 13.8. The number of phenols is 1. The van der Waals surface area contributed by atoms with Crippen LogP contribution in [0.15, 0.2) is 42.6 Å². The maximum atomic E-state index is 13.8. The van der Waals surface area contributed by atoms with Crippen molar-refractivity contribution in [2.75, 3.05) is 11.9 Å². The number of fused-ring (bicyclic) bond motifs is 1. The van der Waals surface area contributed by atoms with Gasteiger partial charge in [0.05, 0.1) is 24.3 Å². The van der Waals surface area contributed by atoms with Crippen molar-refractivity contribution in [2.45, 2.75) is 19.4 Å². The largest absolute Gasteiger partial charge is 0.505 e. The number of phenolic OH excluding ortho intramolecular Hbond substituents is 1. The van der Waals surface area contributed by atoms with Gasteiger partial charge in [-0.3, -0.25) is 0 Å². The molecule has 5 nitrogen and oxygen atoms in total. The summed E-state index contributed by atoms with van der Waals surface area (Å²) in [6, 6.07) is 11.4. The fourth-order valence-corrected chi connectivity index (χ4v) is 2.87. The number of aliphatic hydroxyl groups excluding tert-OH is 1. The molecular weight excluding hydrogens is 333 g/mol. The van der Waals surface area contributed by atoms with Crippen LogP contribution in [0.4, 0.5) is 10.2 Å². The quantitative estimate of drug-likeness (QED) is 0.650. The highest BCUT2D eigenvalue weighted by atomic mass is 19.1. The van der Waals surface area contributed by atoms with Gasteiger partial charge in [-0.25, -0.2) is 9.37 Å².